The van der Waals surface area contributed by atoms with Crippen molar-refractivity contribution < 1.29 is 0 Å². The van der Waals surface area contributed by atoms with Gasteiger partial charge < -0.3 is 0 Å². The fourth-order valence-electron chi connectivity index (χ4n) is 0.797. The summed E-state index contributed by atoms with van der Waals surface area (Å²) in [5.74, 6) is 2.77. The van der Waals surface area contributed by atoms with E-state index in [9.17, 15) is 0 Å². The minimum absolute atomic E-state index is 0.745. The lowest BCUT2D eigenvalue weighted by atomic mass is 10.2. The Morgan fingerprint density at radius 2 is 2.38 bits per heavy atom. The van der Waals surface area contributed by atoms with Gasteiger partial charge in [-0.1, -0.05) is 41.0 Å². The monoisotopic (exact) mass is 280 g/mol. The van der Waals surface area contributed by atoms with E-state index in [2.05, 4.69) is 32.2 Å². The summed E-state index contributed by atoms with van der Waals surface area (Å²) >= 11 is 6.82. The Morgan fingerprint density at radius 3 is 2.85 bits per heavy atom. The standard InChI is InChI=1S/C8H13BrN2S2/c1-3-7(4-9)5-12-8-10-6(2)11-13-8/h7H,3-5H2,1-2H3. The van der Waals surface area contributed by atoms with Crippen LogP contribution in [0.4, 0.5) is 0 Å². The van der Waals surface area contributed by atoms with Crippen molar-refractivity contribution in [2.24, 2.45) is 5.92 Å². The molecule has 0 radical (unpaired) electrons. The molecule has 0 aromatic carbocycles. The molecule has 0 saturated heterocycles. The highest BCUT2D eigenvalue weighted by Gasteiger charge is 2.07. The summed E-state index contributed by atoms with van der Waals surface area (Å²) in [4.78, 5) is 4.31. The Morgan fingerprint density at radius 1 is 1.62 bits per heavy atom. The van der Waals surface area contributed by atoms with Gasteiger partial charge >= 0.3 is 0 Å². The first kappa shape index (κ1) is 11.5. The summed E-state index contributed by atoms with van der Waals surface area (Å²) in [7, 11) is 0. The van der Waals surface area contributed by atoms with Crippen molar-refractivity contribution in [2.75, 3.05) is 11.1 Å². The van der Waals surface area contributed by atoms with Gasteiger partial charge in [0.2, 0.25) is 0 Å². The Balaban J connectivity index is 2.33. The highest BCUT2D eigenvalue weighted by atomic mass is 79.9. The maximum atomic E-state index is 4.31. The Kier molecular flexibility index (Phi) is 5.28. The average Bonchev–Trinajstić information content (AvgIpc) is 2.53. The van der Waals surface area contributed by atoms with Crippen LogP contribution in [0.1, 0.15) is 19.2 Å². The van der Waals surface area contributed by atoms with Gasteiger partial charge in [0.25, 0.3) is 0 Å². The number of aromatic nitrogens is 2. The lowest BCUT2D eigenvalue weighted by molar-refractivity contribution is 0.652. The number of hydrogen-bond acceptors (Lipinski definition) is 4. The fourth-order valence-corrected chi connectivity index (χ4v) is 3.67. The number of nitrogens with zero attached hydrogens (tertiary/aromatic N) is 2. The molecule has 0 amide bonds. The molecule has 0 bridgehead atoms. The van der Waals surface area contributed by atoms with E-state index in [1.54, 1.807) is 0 Å². The molecule has 13 heavy (non-hydrogen) atoms. The summed E-state index contributed by atoms with van der Waals surface area (Å²) in [6, 6.07) is 0. The van der Waals surface area contributed by atoms with Crippen LogP contribution < -0.4 is 0 Å². The molecule has 1 unspecified atom stereocenters. The molecule has 1 aromatic heterocycles. The van der Waals surface area contributed by atoms with E-state index in [1.807, 2.05) is 18.7 Å². The molecular weight excluding hydrogens is 268 g/mol. The van der Waals surface area contributed by atoms with Crippen LogP contribution >= 0.6 is 39.2 Å². The van der Waals surface area contributed by atoms with Crippen LogP contribution in [0.2, 0.25) is 0 Å². The minimum atomic E-state index is 0.745. The predicted molar refractivity (Wildman–Crippen MR) is 62.9 cm³/mol. The summed E-state index contributed by atoms with van der Waals surface area (Å²) in [5, 5.41) is 1.08. The molecule has 0 aliphatic heterocycles. The van der Waals surface area contributed by atoms with Crippen molar-refractivity contribution in [3.8, 4) is 0 Å². The van der Waals surface area contributed by atoms with E-state index in [-0.39, 0.29) is 0 Å². The largest absolute Gasteiger partial charge is 0.213 e. The summed E-state index contributed by atoms with van der Waals surface area (Å²) < 4.78 is 5.24. The SMILES string of the molecule is CCC(CBr)CSc1nc(C)ns1. The molecule has 0 aliphatic rings. The quantitative estimate of drug-likeness (QED) is 0.611. The second-order valence-corrected chi connectivity index (χ2v) is 5.51. The van der Waals surface area contributed by atoms with Gasteiger partial charge in [-0.25, -0.2) is 4.98 Å². The van der Waals surface area contributed by atoms with Crippen molar-refractivity contribution >= 4 is 39.2 Å². The Bertz CT molecular complexity index is 248. The molecule has 0 aliphatic carbocycles. The van der Waals surface area contributed by atoms with Crippen LogP contribution in [0, 0.1) is 12.8 Å². The second kappa shape index (κ2) is 5.98. The van der Waals surface area contributed by atoms with Gasteiger partial charge in [0, 0.05) is 11.1 Å². The second-order valence-electron chi connectivity index (χ2n) is 2.85. The first-order chi connectivity index (χ1) is 6.26. The maximum Gasteiger partial charge on any atom is 0.170 e. The van der Waals surface area contributed by atoms with Crippen LogP contribution in [0.5, 0.6) is 0 Å². The van der Waals surface area contributed by atoms with E-state index < -0.39 is 0 Å². The molecule has 1 atom stereocenters. The first-order valence-corrected chi connectivity index (χ1v) is 7.13. The van der Waals surface area contributed by atoms with E-state index in [0.29, 0.717) is 0 Å². The van der Waals surface area contributed by atoms with Crippen LogP contribution in [0.25, 0.3) is 0 Å². The Labute approximate surface area is 95.8 Å². The molecular formula is C8H13BrN2S2. The zero-order chi connectivity index (χ0) is 9.68. The fraction of sp³-hybridized carbons (Fsp3) is 0.750. The van der Waals surface area contributed by atoms with Gasteiger partial charge in [-0.15, -0.1) is 0 Å². The zero-order valence-corrected chi connectivity index (χ0v) is 11.0. The van der Waals surface area contributed by atoms with Crippen molar-refractivity contribution in [3.63, 3.8) is 0 Å². The van der Waals surface area contributed by atoms with Gasteiger partial charge in [-0.2, -0.15) is 4.37 Å². The molecule has 2 nitrogen and oxygen atoms in total. The summed E-state index contributed by atoms with van der Waals surface area (Å²) in [5.41, 5.74) is 0. The molecule has 1 heterocycles. The zero-order valence-electron chi connectivity index (χ0n) is 7.79. The number of rotatable bonds is 5. The molecule has 0 N–H and O–H groups in total. The van der Waals surface area contributed by atoms with Crippen molar-refractivity contribution in [1.82, 2.24) is 9.36 Å². The molecule has 0 fully saturated rings. The van der Waals surface area contributed by atoms with Crippen LogP contribution in [0.3, 0.4) is 0 Å². The summed E-state index contributed by atoms with van der Waals surface area (Å²) in [6.45, 7) is 4.15. The van der Waals surface area contributed by atoms with E-state index in [1.165, 1.54) is 18.0 Å². The number of thioether (sulfide) groups is 1. The number of halogens is 1. The third kappa shape index (κ3) is 3.95. The molecule has 5 heteroatoms. The van der Waals surface area contributed by atoms with Gasteiger partial charge in [0.05, 0.1) is 0 Å². The topological polar surface area (TPSA) is 25.8 Å². The van der Waals surface area contributed by atoms with Gasteiger partial charge in [0.15, 0.2) is 4.34 Å². The first-order valence-electron chi connectivity index (χ1n) is 4.25. The van der Waals surface area contributed by atoms with Gasteiger partial charge in [0.1, 0.15) is 5.82 Å². The molecule has 1 aromatic rings. The maximum absolute atomic E-state index is 4.31. The smallest absolute Gasteiger partial charge is 0.170 e. The molecule has 74 valence electrons. The van der Waals surface area contributed by atoms with Gasteiger partial charge in [-0.3, -0.25) is 0 Å². The van der Waals surface area contributed by atoms with Crippen molar-refractivity contribution in [2.45, 2.75) is 24.6 Å². The lowest BCUT2D eigenvalue weighted by Gasteiger charge is -2.07. The normalized spacial score (nSPS) is 13.2. The minimum Gasteiger partial charge on any atom is -0.213 e. The van der Waals surface area contributed by atoms with Crippen LogP contribution in [0.15, 0.2) is 4.34 Å². The highest BCUT2D eigenvalue weighted by molar-refractivity contribution is 9.09. The third-order valence-electron chi connectivity index (χ3n) is 1.75. The van der Waals surface area contributed by atoms with Crippen LogP contribution in [-0.2, 0) is 0 Å². The van der Waals surface area contributed by atoms with Gasteiger partial charge in [-0.05, 0) is 24.4 Å². The van der Waals surface area contributed by atoms with E-state index in [4.69, 9.17) is 0 Å². The number of alkyl halides is 1. The van der Waals surface area contributed by atoms with Crippen molar-refractivity contribution in [3.05, 3.63) is 5.82 Å². The molecule has 0 spiro atoms. The highest BCUT2D eigenvalue weighted by Crippen LogP contribution is 2.24. The summed E-state index contributed by atoms with van der Waals surface area (Å²) in [6.07, 6.45) is 1.22. The molecule has 1 rings (SSSR count). The number of hydrogen-bond donors (Lipinski definition) is 0. The molecule has 0 saturated carbocycles. The van der Waals surface area contributed by atoms with E-state index in [0.717, 1.165) is 27.2 Å². The predicted octanol–water partition coefficient (Wildman–Crippen LogP) is 3.36. The number of aryl methyl sites for hydroxylation is 1. The Hall–Kier alpha value is 0.390. The van der Waals surface area contributed by atoms with Crippen molar-refractivity contribution in [1.29, 1.82) is 0 Å². The lowest BCUT2D eigenvalue weighted by Crippen LogP contribution is -2.02. The average molecular weight is 281 g/mol. The van der Waals surface area contributed by atoms with E-state index >= 15 is 0 Å². The van der Waals surface area contributed by atoms with Crippen LogP contribution in [-0.4, -0.2) is 20.4 Å². The third-order valence-corrected chi connectivity index (χ3v) is 4.82.